The van der Waals surface area contributed by atoms with E-state index in [1.807, 2.05) is 0 Å². The van der Waals surface area contributed by atoms with Crippen molar-refractivity contribution in [1.29, 1.82) is 0 Å². The van der Waals surface area contributed by atoms with E-state index >= 15 is 0 Å². The van der Waals surface area contributed by atoms with Crippen LogP contribution in [0.15, 0.2) is 22.7 Å². The van der Waals surface area contributed by atoms with E-state index in [0.717, 1.165) is 0 Å². The maximum atomic E-state index is 11.9. The molecule has 0 aliphatic rings. The number of rotatable bonds is 4. The Hall–Kier alpha value is -1.31. The monoisotopic (exact) mass is 313 g/mol. The van der Waals surface area contributed by atoms with Crippen molar-refractivity contribution in [2.75, 3.05) is 6.61 Å². The van der Waals surface area contributed by atoms with Gasteiger partial charge >= 0.3 is 11.9 Å². The number of alkyl halides is 3. The van der Waals surface area contributed by atoms with E-state index in [1.54, 1.807) is 0 Å². The zero-order valence-electron chi connectivity index (χ0n) is 8.33. The molecule has 0 radical (unpaired) electrons. The number of nitro benzene ring substituents is 1. The summed E-state index contributed by atoms with van der Waals surface area (Å²) in [6.07, 6.45) is -5.50. The van der Waals surface area contributed by atoms with E-state index in [9.17, 15) is 23.3 Å². The van der Waals surface area contributed by atoms with Crippen LogP contribution in [0.5, 0.6) is 5.75 Å². The molecule has 0 amide bonds. The van der Waals surface area contributed by atoms with Gasteiger partial charge < -0.3 is 4.74 Å². The molecule has 0 aliphatic heterocycles. The summed E-state index contributed by atoms with van der Waals surface area (Å²) in [6, 6.07) is 4.11. The van der Waals surface area contributed by atoms with E-state index in [4.69, 9.17) is 4.74 Å². The molecular formula is C9H7BrF3NO3. The van der Waals surface area contributed by atoms with Crippen molar-refractivity contribution >= 4 is 21.6 Å². The molecule has 0 atom stereocenters. The molecule has 0 aliphatic carbocycles. The highest BCUT2D eigenvalue weighted by molar-refractivity contribution is 9.10. The van der Waals surface area contributed by atoms with Gasteiger partial charge in [-0.1, -0.05) is 6.07 Å². The first kappa shape index (κ1) is 13.8. The van der Waals surface area contributed by atoms with Crippen LogP contribution in [0.1, 0.15) is 6.42 Å². The number of hydrogen-bond donors (Lipinski definition) is 0. The molecular weight excluding hydrogens is 307 g/mol. The topological polar surface area (TPSA) is 52.4 Å². The fourth-order valence-corrected chi connectivity index (χ4v) is 1.56. The molecule has 0 unspecified atom stereocenters. The first-order valence-corrected chi connectivity index (χ1v) is 5.23. The summed E-state index contributed by atoms with van der Waals surface area (Å²) in [7, 11) is 0. The molecule has 8 heteroatoms. The summed E-state index contributed by atoms with van der Waals surface area (Å²) in [4.78, 5) is 9.96. The first-order chi connectivity index (χ1) is 7.81. The SMILES string of the molecule is O=[N+]([O-])c1c(Br)cccc1OCCC(F)(F)F. The molecule has 1 aromatic rings. The number of benzene rings is 1. The van der Waals surface area contributed by atoms with Gasteiger partial charge in [0.15, 0.2) is 5.75 Å². The maximum Gasteiger partial charge on any atom is 0.392 e. The Morgan fingerprint density at radius 1 is 1.41 bits per heavy atom. The van der Waals surface area contributed by atoms with E-state index in [0.29, 0.717) is 0 Å². The molecule has 1 aromatic carbocycles. The third kappa shape index (κ3) is 4.22. The van der Waals surface area contributed by atoms with Crippen LogP contribution in [0.4, 0.5) is 18.9 Å². The second-order valence-electron chi connectivity index (χ2n) is 3.06. The fraction of sp³-hybridized carbons (Fsp3) is 0.333. The third-order valence-electron chi connectivity index (χ3n) is 1.78. The Morgan fingerprint density at radius 3 is 2.59 bits per heavy atom. The van der Waals surface area contributed by atoms with Gasteiger partial charge in [0.05, 0.1) is 22.4 Å². The van der Waals surface area contributed by atoms with Gasteiger partial charge in [-0.25, -0.2) is 0 Å². The van der Waals surface area contributed by atoms with Crippen LogP contribution >= 0.6 is 15.9 Å². The highest BCUT2D eigenvalue weighted by Crippen LogP contribution is 2.34. The van der Waals surface area contributed by atoms with Crippen LogP contribution in [0, 0.1) is 10.1 Å². The van der Waals surface area contributed by atoms with Gasteiger partial charge in [-0.05, 0) is 28.1 Å². The number of nitro groups is 1. The Kier molecular flexibility index (Phi) is 4.33. The van der Waals surface area contributed by atoms with Gasteiger partial charge in [0.25, 0.3) is 0 Å². The minimum atomic E-state index is -4.35. The zero-order valence-corrected chi connectivity index (χ0v) is 9.92. The second kappa shape index (κ2) is 5.35. The summed E-state index contributed by atoms with van der Waals surface area (Å²) < 4.78 is 40.5. The van der Waals surface area contributed by atoms with Crippen molar-refractivity contribution in [3.05, 3.63) is 32.8 Å². The third-order valence-corrected chi connectivity index (χ3v) is 2.42. The van der Waals surface area contributed by atoms with E-state index in [2.05, 4.69) is 15.9 Å². The average Bonchev–Trinajstić information content (AvgIpc) is 2.14. The molecule has 94 valence electrons. The summed E-state index contributed by atoms with van der Waals surface area (Å²) in [5.74, 6) is -0.186. The zero-order chi connectivity index (χ0) is 13.1. The molecule has 0 heterocycles. The normalized spacial score (nSPS) is 11.3. The number of nitrogens with zero attached hydrogens (tertiary/aromatic N) is 1. The largest absolute Gasteiger partial charge is 0.486 e. The molecule has 0 fully saturated rings. The first-order valence-electron chi connectivity index (χ1n) is 4.44. The van der Waals surface area contributed by atoms with E-state index < -0.39 is 24.1 Å². The molecule has 0 saturated heterocycles. The van der Waals surface area contributed by atoms with Crippen molar-refractivity contribution in [2.45, 2.75) is 12.6 Å². The maximum absolute atomic E-state index is 11.9. The van der Waals surface area contributed by atoms with Crippen molar-refractivity contribution < 1.29 is 22.8 Å². The van der Waals surface area contributed by atoms with Crippen molar-refractivity contribution in [1.82, 2.24) is 0 Å². The highest BCUT2D eigenvalue weighted by atomic mass is 79.9. The molecule has 0 bridgehead atoms. The van der Waals surface area contributed by atoms with Gasteiger partial charge in [0.2, 0.25) is 0 Å². The molecule has 0 N–H and O–H groups in total. The number of halogens is 4. The number of ether oxygens (including phenoxy) is 1. The van der Waals surface area contributed by atoms with Gasteiger partial charge in [-0.3, -0.25) is 10.1 Å². The standard InChI is InChI=1S/C9H7BrF3NO3/c10-6-2-1-3-7(8(6)14(15)16)17-5-4-9(11,12)13/h1-3H,4-5H2. The van der Waals surface area contributed by atoms with Crippen LogP contribution in [0.3, 0.4) is 0 Å². The van der Waals surface area contributed by atoms with Gasteiger partial charge in [-0.15, -0.1) is 0 Å². The average molecular weight is 314 g/mol. The van der Waals surface area contributed by atoms with Crippen LogP contribution in [0.2, 0.25) is 0 Å². The fourth-order valence-electron chi connectivity index (χ4n) is 1.07. The van der Waals surface area contributed by atoms with Crippen LogP contribution < -0.4 is 4.74 Å². The molecule has 4 nitrogen and oxygen atoms in total. The Balaban J connectivity index is 2.78. The summed E-state index contributed by atoms with van der Waals surface area (Å²) >= 11 is 2.94. The summed E-state index contributed by atoms with van der Waals surface area (Å²) in [6.45, 7) is -0.652. The Bertz CT molecular complexity index is 422. The smallest absolute Gasteiger partial charge is 0.392 e. The molecule has 0 aromatic heterocycles. The number of hydrogen-bond acceptors (Lipinski definition) is 3. The van der Waals surface area contributed by atoms with Crippen molar-refractivity contribution in [2.24, 2.45) is 0 Å². The molecule has 17 heavy (non-hydrogen) atoms. The summed E-state index contributed by atoms with van der Waals surface area (Å²) in [5.41, 5.74) is -0.380. The lowest BCUT2D eigenvalue weighted by Crippen LogP contribution is -2.13. The number of para-hydroxylation sites is 1. The summed E-state index contributed by atoms with van der Waals surface area (Å²) in [5, 5.41) is 10.7. The lowest BCUT2D eigenvalue weighted by Gasteiger charge is -2.09. The minimum absolute atomic E-state index is 0.159. The minimum Gasteiger partial charge on any atom is -0.486 e. The lowest BCUT2D eigenvalue weighted by molar-refractivity contribution is -0.386. The lowest BCUT2D eigenvalue weighted by atomic mass is 10.3. The van der Waals surface area contributed by atoms with Crippen molar-refractivity contribution in [3.63, 3.8) is 0 Å². The Labute approximate surface area is 103 Å². The van der Waals surface area contributed by atoms with Gasteiger partial charge in [0, 0.05) is 0 Å². The van der Waals surface area contributed by atoms with Crippen molar-refractivity contribution in [3.8, 4) is 5.75 Å². The predicted molar refractivity (Wildman–Crippen MR) is 57.0 cm³/mol. The van der Waals surface area contributed by atoms with Crippen LogP contribution in [-0.4, -0.2) is 17.7 Å². The van der Waals surface area contributed by atoms with Gasteiger partial charge in [-0.2, -0.15) is 13.2 Å². The molecule has 0 spiro atoms. The molecule has 1 rings (SSSR count). The second-order valence-corrected chi connectivity index (χ2v) is 3.91. The van der Waals surface area contributed by atoms with Crippen LogP contribution in [-0.2, 0) is 0 Å². The Morgan fingerprint density at radius 2 is 2.06 bits per heavy atom. The molecule has 0 saturated carbocycles. The quantitative estimate of drug-likeness (QED) is 0.629. The highest BCUT2D eigenvalue weighted by Gasteiger charge is 2.28. The van der Waals surface area contributed by atoms with Crippen LogP contribution in [0.25, 0.3) is 0 Å². The predicted octanol–water partition coefficient (Wildman–Crippen LogP) is 3.69. The van der Waals surface area contributed by atoms with E-state index in [1.165, 1.54) is 18.2 Å². The van der Waals surface area contributed by atoms with E-state index in [-0.39, 0.29) is 15.9 Å². The van der Waals surface area contributed by atoms with Gasteiger partial charge in [0.1, 0.15) is 0 Å².